The van der Waals surface area contributed by atoms with Crippen LogP contribution < -0.4 is 5.73 Å². The lowest BCUT2D eigenvalue weighted by molar-refractivity contribution is 0.107. The minimum Gasteiger partial charge on any atom is -0.409 e. The van der Waals surface area contributed by atoms with Gasteiger partial charge in [-0.25, -0.2) is 0 Å². The van der Waals surface area contributed by atoms with Gasteiger partial charge in [0.15, 0.2) is 5.84 Å². The third kappa shape index (κ3) is 3.94. The number of oxime groups is 1. The number of hydrogen-bond donors (Lipinski definition) is 2. The van der Waals surface area contributed by atoms with Crippen LogP contribution in [0, 0.1) is 0 Å². The van der Waals surface area contributed by atoms with Gasteiger partial charge < -0.3 is 15.7 Å². The van der Waals surface area contributed by atoms with Crippen molar-refractivity contribution < 1.29 is 9.94 Å². The maximum atomic E-state index is 8.61. The minimum absolute atomic E-state index is 0.0236. The Bertz CT molecular complexity index is 600. The number of rotatable bonds is 5. The molecule has 0 saturated carbocycles. The molecule has 0 unspecified atom stereocenters. The fourth-order valence-corrected chi connectivity index (χ4v) is 1.75. The average molecular weight is 292 g/mol. The predicted octanol–water partition coefficient (Wildman–Crippen LogP) is 2.55. The van der Waals surface area contributed by atoms with Gasteiger partial charge in [0, 0.05) is 11.2 Å². The first-order valence-corrected chi connectivity index (χ1v) is 6.32. The van der Waals surface area contributed by atoms with Crippen molar-refractivity contribution >= 4 is 17.4 Å². The van der Waals surface area contributed by atoms with E-state index in [0.717, 1.165) is 11.1 Å². The van der Waals surface area contributed by atoms with Gasteiger partial charge in [-0.1, -0.05) is 28.9 Å². The highest BCUT2D eigenvalue weighted by Crippen LogP contribution is 2.11. The topological polar surface area (TPSA) is 80.7 Å². The lowest BCUT2D eigenvalue weighted by Crippen LogP contribution is -2.15. The van der Waals surface area contributed by atoms with Gasteiger partial charge in [-0.3, -0.25) is 4.98 Å². The Morgan fingerprint density at radius 3 is 2.60 bits per heavy atom. The number of pyridine rings is 1. The quantitative estimate of drug-likeness (QED) is 0.384. The Hall–Kier alpha value is -2.11. The lowest BCUT2D eigenvalue weighted by atomic mass is 10.2. The van der Waals surface area contributed by atoms with E-state index in [1.165, 1.54) is 0 Å². The number of amidine groups is 1. The van der Waals surface area contributed by atoms with E-state index in [1.807, 2.05) is 30.3 Å². The average Bonchev–Trinajstić information content (AvgIpc) is 2.49. The standard InChI is InChI=1S/C14H14ClN3O2/c15-12-3-1-10(2-4-12)8-20-9-11-5-6-17-13(7-11)14(16)18-19/h1-7,19H,8-9H2,(H2,16,18). The van der Waals surface area contributed by atoms with Gasteiger partial charge in [0.2, 0.25) is 0 Å². The Kier molecular flexibility index (Phi) is 4.92. The van der Waals surface area contributed by atoms with Gasteiger partial charge in [-0.2, -0.15) is 0 Å². The molecule has 0 amide bonds. The molecule has 0 bridgehead atoms. The van der Waals surface area contributed by atoms with Crippen molar-refractivity contribution in [3.63, 3.8) is 0 Å². The van der Waals surface area contributed by atoms with E-state index in [0.29, 0.717) is 23.9 Å². The predicted molar refractivity (Wildman–Crippen MR) is 76.7 cm³/mol. The van der Waals surface area contributed by atoms with E-state index in [2.05, 4.69) is 10.1 Å². The van der Waals surface area contributed by atoms with Crippen LogP contribution in [0.2, 0.25) is 5.02 Å². The molecular weight excluding hydrogens is 278 g/mol. The van der Waals surface area contributed by atoms with Gasteiger partial charge in [0.25, 0.3) is 0 Å². The number of halogens is 1. The monoisotopic (exact) mass is 291 g/mol. The zero-order valence-corrected chi connectivity index (χ0v) is 11.4. The van der Waals surface area contributed by atoms with Crippen LogP contribution in [0.3, 0.4) is 0 Å². The molecule has 0 atom stereocenters. The molecule has 0 saturated heterocycles. The molecule has 2 aromatic rings. The summed E-state index contributed by atoms with van der Waals surface area (Å²) in [6.45, 7) is 0.898. The highest BCUT2D eigenvalue weighted by Gasteiger charge is 2.02. The van der Waals surface area contributed by atoms with Gasteiger partial charge in [0.1, 0.15) is 5.69 Å². The van der Waals surface area contributed by atoms with Crippen LogP contribution in [-0.4, -0.2) is 16.0 Å². The summed E-state index contributed by atoms with van der Waals surface area (Å²) in [5, 5.41) is 12.2. The lowest BCUT2D eigenvalue weighted by Gasteiger charge is -2.06. The smallest absolute Gasteiger partial charge is 0.188 e. The molecule has 6 heteroatoms. The first-order valence-electron chi connectivity index (χ1n) is 5.94. The molecule has 5 nitrogen and oxygen atoms in total. The molecule has 3 N–H and O–H groups in total. The summed E-state index contributed by atoms with van der Waals surface area (Å²) in [5.41, 5.74) is 7.84. The normalized spacial score (nSPS) is 11.6. The van der Waals surface area contributed by atoms with E-state index < -0.39 is 0 Å². The zero-order valence-electron chi connectivity index (χ0n) is 10.7. The van der Waals surface area contributed by atoms with E-state index in [9.17, 15) is 0 Å². The minimum atomic E-state index is -0.0236. The van der Waals surface area contributed by atoms with Crippen molar-refractivity contribution in [2.24, 2.45) is 10.9 Å². The molecule has 0 aliphatic heterocycles. The van der Waals surface area contributed by atoms with E-state index in [1.54, 1.807) is 12.3 Å². The van der Waals surface area contributed by atoms with Crippen LogP contribution >= 0.6 is 11.6 Å². The summed E-state index contributed by atoms with van der Waals surface area (Å²) in [6.07, 6.45) is 1.59. The van der Waals surface area contributed by atoms with Gasteiger partial charge in [-0.05, 0) is 35.4 Å². The summed E-state index contributed by atoms with van der Waals surface area (Å²) < 4.78 is 5.60. The molecule has 104 valence electrons. The Balaban J connectivity index is 1.92. The van der Waals surface area contributed by atoms with Crippen molar-refractivity contribution in [3.05, 3.63) is 64.4 Å². The zero-order chi connectivity index (χ0) is 14.4. The van der Waals surface area contributed by atoms with E-state index in [4.69, 9.17) is 27.3 Å². The number of aromatic nitrogens is 1. The summed E-state index contributed by atoms with van der Waals surface area (Å²) in [5.74, 6) is -0.0236. The molecule has 0 aliphatic rings. The van der Waals surface area contributed by atoms with Crippen LogP contribution in [0.5, 0.6) is 0 Å². The van der Waals surface area contributed by atoms with Crippen molar-refractivity contribution in [1.29, 1.82) is 0 Å². The van der Waals surface area contributed by atoms with Crippen LogP contribution in [0.15, 0.2) is 47.8 Å². The molecule has 1 heterocycles. The van der Waals surface area contributed by atoms with Crippen molar-refractivity contribution in [2.75, 3.05) is 0 Å². The Morgan fingerprint density at radius 2 is 1.90 bits per heavy atom. The summed E-state index contributed by atoms with van der Waals surface area (Å²) in [7, 11) is 0. The van der Waals surface area contributed by atoms with Crippen LogP contribution in [-0.2, 0) is 18.0 Å². The summed E-state index contributed by atoms with van der Waals surface area (Å²) in [4.78, 5) is 4.00. The number of benzene rings is 1. The fraction of sp³-hybridized carbons (Fsp3) is 0.143. The molecule has 0 fully saturated rings. The molecule has 0 radical (unpaired) electrons. The molecule has 0 aliphatic carbocycles. The summed E-state index contributed by atoms with van der Waals surface area (Å²) in [6, 6.07) is 11.0. The Morgan fingerprint density at radius 1 is 1.20 bits per heavy atom. The number of nitrogens with zero attached hydrogens (tertiary/aromatic N) is 2. The first kappa shape index (κ1) is 14.3. The van der Waals surface area contributed by atoms with E-state index in [-0.39, 0.29) is 5.84 Å². The number of nitrogens with two attached hydrogens (primary N) is 1. The van der Waals surface area contributed by atoms with Crippen LogP contribution in [0.4, 0.5) is 0 Å². The van der Waals surface area contributed by atoms with Crippen molar-refractivity contribution in [2.45, 2.75) is 13.2 Å². The molecular formula is C14H14ClN3O2. The fourth-order valence-electron chi connectivity index (χ4n) is 1.62. The number of hydrogen-bond acceptors (Lipinski definition) is 4. The van der Waals surface area contributed by atoms with Gasteiger partial charge in [-0.15, -0.1) is 0 Å². The third-order valence-electron chi connectivity index (χ3n) is 2.65. The molecule has 2 rings (SSSR count). The number of ether oxygens (including phenoxy) is 1. The molecule has 1 aromatic heterocycles. The van der Waals surface area contributed by atoms with Crippen molar-refractivity contribution in [3.8, 4) is 0 Å². The second-order valence-electron chi connectivity index (χ2n) is 4.15. The Labute approximate surface area is 121 Å². The largest absolute Gasteiger partial charge is 0.409 e. The third-order valence-corrected chi connectivity index (χ3v) is 2.90. The van der Waals surface area contributed by atoms with Crippen LogP contribution in [0.25, 0.3) is 0 Å². The maximum Gasteiger partial charge on any atom is 0.188 e. The highest BCUT2D eigenvalue weighted by atomic mass is 35.5. The molecule has 1 aromatic carbocycles. The van der Waals surface area contributed by atoms with Crippen LogP contribution in [0.1, 0.15) is 16.8 Å². The molecule has 20 heavy (non-hydrogen) atoms. The second kappa shape index (κ2) is 6.88. The second-order valence-corrected chi connectivity index (χ2v) is 4.59. The summed E-state index contributed by atoms with van der Waals surface area (Å²) >= 11 is 5.81. The van der Waals surface area contributed by atoms with Gasteiger partial charge >= 0.3 is 0 Å². The highest BCUT2D eigenvalue weighted by molar-refractivity contribution is 6.30. The van der Waals surface area contributed by atoms with Crippen molar-refractivity contribution in [1.82, 2.24) is 4.98 Å². The first-order chi connectivity index (χ1) is 9.69. The SMILES string of the molecule is NC(=NO)c1cc(COCc2ccc(Cl)cc2)ccn1. The van der Waals surface area contributed by atoms with Gasteiger partial charge in [0.05, 0.1) is 13.2 Å². The van der Waals surface area contributed by atoms with E-state index >= 15 is 0 Å². The maximum absolute atomic E-state index is 8.61. The molecule has 0 spiro atoms.